The first-order valence-electron chi connectivity index (χ1n) is 5.73. The SMILES string of the molecule is Nc1cccc2nc(-c3ccccc3C(=O)O)cn12. The summed E-state index contributed by atoms with van der Waals surface area (Å²) in [5, 5.41) is 9.20. The molecule has 1 aromatic carbocycles. The zero-order valence-electron chi connectivity index (χ0n) is 9.95. The summed E-state index contributed by atoms with van der Waals surface area (Å²) in [6, 6.07) is 12.2. The minimum Gasteiger partial charge on any atom is -0.478 e. The van der Waals surface area contributed by atoms with E-state index >= 15 is 0 Å². The van der Waals surface area contributed by atoms with Gasteiger partial charge in [-0.25, -0.2) is 9.78 Å². The molecule has 0 aliphatic heterocycles. The van der Waals surface area contributed by atoms with Gasteiger partial charge in [0.1, 0.15) is 11.5 Å². The Morgan fingerprint density at radius 3 is 2.68 bits per heavy atom. The van der Waals surface area contributed by atoms with E-state index in [1.165, 1.54) is 0 Å². The first kappa shape index (κ1) is 11.3. The van der Waals surface area contributed by atoms with Crippen molar-refractivity contribution >= 4 is 17.4 Å². The molecule has 0 amide bonds. The Morgan fingerprint density at radius 2 is 1.95 bits per heavy atom. The van der Waals surface area contributed by atoms with Gasteiger partial charge in [0.05, 0.1) is 11.3 Å². The number of benzene rings is 1. The smallest absolute Gasteiger partial charge is 0.336 e. The van der Waals surface area contributed by atoms with Crippen LogP contribution in [-0.4, -0.2) is 20.5 Å². The van der Waals surface area contributed by atoms with Gasteiger partial charge in [-0.3, -0.25) is 4.40 Å². The van der Waals surface area contributed by atoms with Crippen LogP contribution < -0.4 is 5.73 Å². The van der Waals surface area contributed by atoms with Gasteiger partial charge in [-0.05, 0) is 18.2 Å². The summed E-state index contributed by atoms with van der Waals surface area (Å²) in [6.07, 6.45) is 1.74. The molecule has 3 aromatic rings. The van der Waals surface area contributed by atoms with Crippen LogP contribution >= 0.6 is 0 Å². The summed E-state index contributed by atoms with van der Waals surface area (Å²) < 4.78 is 1.73. The van der Waals surface area contributed by atoms with Crippen molar-refractivity contribution in [3.8, 4) is 11.3 Å². The van der Waals surface area contributed by atoms with Crippen molar-refractivity contribution in [1.29, 1.82) is 0 Å². The zero-order valence-corrected chi connectivity index (χ0v) is 9.95. The van der Waals surface area contributed by atoms with Crippen molar-refractivity contribution in [2.45, 2.75) is 0 Å². The zero-order chi connectivity index (χ0) is 13.4. The summed E-state index contributed by atoms with van der Waals surface area (Å²) in [7, 11) is 0. The molecule has 3 N–H and O–H groups in total. The van der Waals surface area contributed by atoms with E-state index in [0.29, 0.717) is 22.7 Å². The number of hydrogen-bond acceptors (Lipinski definition) is 3. The van der Waals surface area contributed by atoms with Crippen LogP contribution in [-0.2, 0) is 0 Å². The van der Waals surface area contributed by atoms with Crippen molar-refractivity contribution in [1.82, 2.24) is 9.38 Å². The van der Waals surface area contributed by atoms with E-state index in [1.807, 2.05) is 12.1 Å². The molecule has 0 spiro atoms. The third kappa shape index (κ3) is 1.81. The summed E-state index contributed by atoms with van der Waals surface area (Å²) in [5.74, 6) is -0.412. The Hall–Kier alpha value is -2.82. The number of pyridine rings is 1. The van der Waals surface area contributed by atoms with E-state index < -0.39 is 5.97 Å². The monoisotopic (exact) mass is 253 g/mol. The van der Waals surface area contributed by atoms with Gasteiger partial charge in [-0.2, -0.15) is 0 Å². The highest BCUT2D eigenvalue weighted by molar-refractivity contribution is 5.95. The van der Waals surface area contributed by atoms with Gasteiger partial charge in [-0.1, -0.05) is 24.3 Å². The van der Waals surface area contributed by atoms with Crippen LogP contribution in [0.5, 0.6) is 0 Å². The second kappa shape index (κ2) is 4.13. The van der Waals surface area contributed by atoms with Crippen molar-refractivity contribution in [3.05, 3.63) is 54.2 Å². The van der Waals surface area contributed by atoms with Gasteiger partial charge in [0.15, 0.2) is 0 Å². The Kier molecular flexibility index (Phi) is 2.45. The molecule has 0 radical (unpaired) electrons. The third-order valence-corrected chi connectivity index (χ3v) is 2.96. The number of nitrogens with two attached hydrogens (primary N) is 1. The molecule has 19 heavy (non-hydrogen) atoms. The lowest BCUT2D eigenvalue weighted by molar-refractivity contribution is 0.0697. The van der Waals surface area contributed by atoms with Gasteiger partial charge in [0, 0.05) is 11.8 Å². The third-order valence-electron chi connectivity index (χ3n) is 2.96. The van der Waals surface area contributed by atoms with Gasteiger partial charge < -0.3 is 10.8 Å². The Labute approximate surface area is 108 Å². The molecule has 0 unspecified atom stereocenters. The molecule has 5 heteroatoms. The van der Waals surface area contributed by atoms with E-state index in [-0.39, 0.29) is 5.56 Å². The number of carboxylic acid groups (broad SMARTS) is 1. The average Bonchev–Trinajstić information content (AvgIpc) is 2.84. The summed E-state index contributed by atoms with van der Waals surface area (Å²) in [6.45, 7) is 0. The number of anilines is 1. The number of rotatable bonds is 2. The number of hydrogen-bond donors (Lipinski definition) is 2. The minimum absolute atomic E-state index is 0.226. The van der Waals surface area contributed by atoms with E-state index in [2.05, 4.69) is 4.98 Å². The van der Waals surface area contributed by atoms with E-state index in [4.69, 9.17) is 5.73 Å². The number of nitrogen functional groups attached to an aromatic ring is 1. The maximum absolute atomic E-state index is 11.2. The molecular formula is C14H11N3O2. The van der Waals surface area contributed by atoms with Crippen molar-refractivity contribution in [3.63, 3.8) is 0 Å². The molecule has 5 nitrogen and oxygen atoms in total. The number of fused-ring (bicyclic) bond motifs is 1. The molecule has 0 aliphatic carbocycles. The summed E-state index contributed by atoms with van der Waals surface area (Å²) in [5.41, 5.74) is 7.94. The van der Waals surface area contributed by atoms with E-state index in [0.717, 1.165) is 0 Å². The fourth-order valence-corrected chi connectivity index (χ4v) is 2.05. The molecule has 0 saturated heterocycles. The van der Waals surface area contributed by atoms with E-state index in [9.17, 15) is 9.90 Å². The first-order valence-corrected chi connectivity index (χ1v) is 5.73. The van der Waals surface area contributed by atoms with Crippen LogP contribution in [0.3, 0.4) is 0 Å². The van der Waals surface area contributed by atoms with Crippen molar-refractivity contribution < 1.29 is 9.90 Å². The van der Waals surface area contributed by atoms with Crippen LogP contribution in [0.15, 0.2) is 48.7 Å². The fourth-order valence-electron chi connectivity index (χ4n) is 2.05. The highest BCUT2D eigenvalue weighted by Gasteiger charge is 2.13. The molecule has 0 fully saturated rings. The molecule has 0 saturated carbocycles. The first-order chi connectivity index (χ1) is 9.16. The summed E-state index contributed by atoms with van der Waals surface area (Å²) >= 11 is 0. The molecular weight excluding hydrogens is 242 g/mol. The minimum atomic E-state index is -0.972. The lowest BCUT2D eigenvalue weighted by Gasteiger charge is -2.01. The largest absolute Gasteiger partial charge is 0.478 e. The van der Waals surface area contributed by atoms with Crippen LogP contribution in [0.4, 0.5) is 5.82 Å². The topological polar surface area (TPSA) is 80.6 Å². The molecule has 2 aromatic heterocycles. The van der Waals surface area contributed by atoms with Gasteiger partial charge in [0.2, 0.25) is 0 Å². The highest BCUT2D eigenvalue weighted by atomic mass is 16.4. The number of imidazole rings is 1. The van der Waals surface area contributed by atoms with Crippen LogP contribution in [0.2, 0.25) is 0 Å². The van der Waals surface area contributed by atoms with Crippen LogP contribution in [0.25, 0.3) is 16.9 Å². The van der Waals surface area contributed by atoms with Crippen LogP contribution in [0.1, 0.15) is 10.4 Å². The molecule has 0 bridgehead atoms. The van der Waals surface area contributed by atoms with Crippen LogP contribution in [0, 0.1) is 0 Å². The summed E-state index contributed by atoms with van der Waals surface area (Å²) in [4.78, 5) is 15.6. The predicted octanol–water partition coefficient (Wildman–Crippen LogP) is 2.28. The standard InChI is InChI=1S/C14H11N3O2/c15-12-6-3-7-13-16-11(8-17(12)13)9-4-1-2-5-10(9)14(18)19/h1-8H,15H2,(H,18,19). The van der Waals surface area contributed by atoms with Crippen molar-refractivity contribution in [2.24, 2.45) is 0 Å². The average molecular weight is 253 g/mol. The number of aromatic nitrogens is 2. The van der Waals surface area contributed by atoms with Crippen molar-refractivity contribution in [2.75, 3.05) is 5.73 Å². The number of carbonyl (C=O) groups is 1. The highest BCUT2D eigenvalue weighted by Crippen LogP contribution is 2.24. The van der Waals surface area contributed by atoms with Gasteiger partial charge in [0.25, 0.3) is 0 Å². The number of carboxylic acids is 1. The number of aromatic carboxylic acids is 1. The molecule has 3 rings (SSSR count). The quantitative estimate of drug-likeness (QED) is 0.734. The molecule has 94 valence electrons. The second-order valence-corrected chi connectivity index (χ2v) is 4.16. The normalized spacial score (nSPS) is 10.7. The maximum atomic E-state index is 11.2. The Bertz CT molecular complexity index is 777. The number of nitrogens with zero attached hydrogens (tertiary/aromatic N) is 2. The Morgan fingerprint density at radius 1 is 1.16 bits per heavy atom. The molecule has 0 atom stereocenters. The maximum Gasteiger partial charge on any atom is 0.336 e. The van der Waals surface area contributed by atoms with E-state index in [1.54, 1.807) is 40.9 Å². The molecule has 2 heterocycles. The predicted molar refractivity (Wildman–Crippen MR) is 72.0 cm³/mol. The van der Waals surface area contributed by atoms with Gasteiger partial charge >= 0.3 is 5.97 Å². The second-order valence-electron chi connectivity index (χ2n) is 4.16. The lowest BCUT2D eigenvalue weighted by Crippen LogP contribution is -1.99. The van der Waals surface area contributed by atoms with Gasteiger partial charge in [-0.15, -0.1) is 0 Å². The molecule has 0 aliphatic rings. The fraction of sp³-hybridized carbons (Fsp3) is 0. The lowest BCUT2D eigenvalue weighted by atomic mass is 10.1. The Balaban J connectivity index is 2.25.